The maximum Gasteiger partial charge on any atom is 0.307 e. The number of carbonyl (C=O) groups is 2. The zero-order chi connectivity index (χ0) is 20.0. The largest absolute Gasteiger partial charge is 0.466 e. The van der Waals surface area contributed by atoms with Crippen LogP contribution in [0.4, 0.5) is 0 Å². The zero-order valence-electron chi connectivity index (χ0n) is 18.2. The summed E-state index contributed by atoms with van der Waals surface area (Å²) in [6.45, 7) is 5.28. The maximum atomic E-state index is 11.6. The topological polar surface area (TPSA) is 55.4 Å². The Hall–Kier alpha value is -1.06. The molecule has 160 valence electrons. The highest BCUT2D eigenvalue weighted by Gasteiger charge is 2.05. The van der Waals surface area contributed by atoms with Gasteiger partial charge in [0.25, 0.3) is 0 Å². The van der Waals surface area contributed by atoms with Gasteiger partial charge in [-0.25, -0.2) is 0 Å². The van der Waals surface area contributed by atoms with Crippen LogP contribution < -0.4 is 5.32 Å². The van der Waals surface area contributed by atoms with Gasteiger partial charge in [-0.15, -0.1) is 0 Å². The Morgan fingerprint density at radius 3 is 1.67 bits per heavy atom. The number of esters is 1. The van der Waals surface area contributed by atoms with Crippen molar-refractivity contribution in [2.24, 2.45) is 0 Å². The average Bonchev–Trinajstić information content (AvgIpc) is 2.65. The van der Waals surface area contributed by atoms with E-state index in [0.29, 0.717) is 19.6 Å². The Labute approximate surface area is 168 Å². The summed E-state index contributed by atoms with van der Waals surface area (Å²) in [6.07, 6.45) is 19.6. The molecule has 0 radical (unpaired) electrons. The molecular formula is C23H45NO3. The van der Waals surface area contributed by atoms with E-state index in [4.69, 9.17) is 4.74 Å². The Kier molecular flexibility index (Phi) is 20.4. The van der Waals surface area contributed by atoms with Gasteiger partial charge in [0.05, 0.1) is 13.0 Å². The van der Waals surface area contributed by atoms with Crippen LogP contribution in [0.5, 0.6) is 0 Å². The van der Waals surface area contributed by atoms with E-state index in [1.54, 1.807) is 0 Å². The summed E-state index contributed by atoms with van der Waals surface area (Å²) in [5.41, 5.74) is 0. The fourth-order valence-corrected chi connectivity index (χ4v) is 3.13. The molecule has 0 unspecified atom stereocenters. The van der Waals surface area contributed by atoms with Gasteiger partial charge in [0.1, 0.15) is 0 Å². The number of carbonyl (C=O) groups excluding carboxylic acids is 2. The third-order valence-corrected chi connectivity index (χ3v) is 4.92. The van der Waals surface area contributed by atoms with Crippen molar-refractivity contribution in [2.45, 2.75) is 123 Å². The van der Waals surface area contributed by atoms with Gasteiger partial charge >= 0.3 is 5.97 Å². The molecule has 0 bridgehead atoms. The molecule has 0 aromatic heterocycles. The molecule has 1 amide bonds. The van der Waals surface area contributed by atoms with E-state index in [1.165, 1.54) is 64.2 Å². The number of ether oxygens (including phenoxy) is 1. The van der Waals surface area contributed by atoms with E-state index in [0.717, 1.165) is 32.1 Å². The molecule has 4 nitrogen and oxygen atoms in total. The van der Waals surface area contributed by atoms with Gasteiger partial charge in [-0.05, 0) is 12.8 Å². The van der Waals surface area contributed by atoms with E-state index in [9.17, 15) is 9.59 Å². The zero-order valence-corrected chi connectivity index (χ0v) is 18.2. The van der Waals surface area contributed by atoms with Crippen molar-refractivity contribution in [3.05, 3.63) is 0 Å². The standard InChI is InChI=1S/C23H45NO3/c1-3-5-7-8-9-10-11-12-13-14-15-17-21-27-23(26)19-20-24-22(25)18-16-6-4-2/h3-21H2,1-2H3,(H,24,25). The fourth-order valence-electron chi connectivity index (χ4n) is 3.13. The first-order valence-electron chi connectivity index (χ1n) is 11.6. The van der Waals surface area contributed by atoms with Gasteiger partial charge in [-0.1, -0.05) is 97.3 Å². The van der Waals surface area contributed by atoms with Gasteiger partial charge in [0, 0.05) is 13.0 Å². The summed E-state index contributed by atoms with van der Waals surface area (Å²) in [5.74, 6) is -0.163. The van der Waals surface area contributed by atoms with Crippen LogP contribution in [0.15, 0.2) is 0 Å². The van der Waals surface area contributed by atoms with Crippen molar-refractivity contribution in [1.82, 2.24) is 5.32 Å². The van der Waals surface area contributed by atoms with Crippen molar-refractivity contribution < 1.29 is 14.3 Å². The molecule has 0 fully saturated rings. The number of hydrogen-bond acceptors (Lipinski definition) is 3. The van der Waals surface area contributed by atoms with Crippen molar-refractivity contribution >= 4 is 11.9 Å². The normalized spacial score (nSPS) is 10.7. The predicted octanol–water partition coefficient (Wildman–Crippen LogP) is 6.32. The van der Waals surface area contributed by atoms with Crippen molar-refractivity contribution in [2.75, 3.05) is 13.2 Å². The predicted molar refractivity (Wildman–Crippen MR) is 114 cm³/mol. The molecule has 0 aliphatic heterocycles. The van der Waals surface area contributed by atoms with Gasteiger partial charge in [-0.3, -0.25) is 9.59 Å². The molecule has 27 heavy (non-hydrogen) atoms. The minimum atomic E-state index is -0.202. The van der Waals surface area contributed by atoms with Gasteiger partial charge in [-0.2, -0.15) is 0 Å². The van der Waals surface area contributed by atoms with Crippen LogP contribution in [0, 0.1) is 0 Å². The van der Waals surface area contributed by atoms with Gasteiger partial charge < -0.3 is 10.1 Å². The Morgan fingerprint density at radius 1 is 0.630 bits per heavy atom. The summed E-state index contributed by atoms with van der Waals surface area (Å²) in [7, 11) is 0. The lowest BCUT2D eigenvalue weighted by Gasteiger charge is -2.06. The lowest BCUT2D eigenvalue weighted by molar-refractivity contribution is -0.143. The molecule has 0 spiro atoms. The third kappa shape index (κ3) is 21.1. The van der Waals surface area contributed by atoms with Crippen LogP contribution >= 0.6 is 0 Å². The van der Waals surface area contributed by atoms with E-state index < -0.39 is 0 Å². The molecule has 0 saturated heterocycles. The quantitative estimate of drug-likeness (QED) is 0.198. The molecule has 0 aliphatic rings. The summed E-state index contributed by atoms with van der Waals surface area (Å²) in [5, 5.41) is 2.78. The summed E-state index contributed by atoms with van der Waals surface area (Å²) >= 11 is 0. The molecule has 1 N–H and O–H groups in total. The van der Waals surface area contributed by atoms with Crippen LogP contribution in [0.2, 0.25) is 0 Å². The first-order valence-corrected chi connectivity index (χ1v) is 11.6. The van der Waals surface area contributed by atoms with Crippen LogP contribution in [0.3, 0.4) is 0 Å². The second kappa shape index (κ2) is 21.2. The molecular weight excluding hydrogens is 338 g/mol. The number of hydrogen-bond donors (Lipinski definition) is 1. The highest BCUT2D eigenvalue weighted by molar-refractivity contribution is 5.76. The molecule has 0 rings (SSSR count). The van der Waals surface area contributed by atoms with Crippen LogP contribution in [0.25, 0.3) is 0 Å². The van der Waals surface area contributed by atoms with E-state index in [1.807, 2.05) is 0 Å². The van der Waals surface area contributed by atoms with Gasteiger partial charge in [0.15, 0.2) is 0 Å². The Bertz CT molecular complexity index is 345. The number of amides is 1. The lowest BCUT2D eigenvalue weighted by Crippen LogP contribution is -2.26. The molecule has 0 aromatic carbocycles. The minimum Gasteiger partial charge on any atom is -0.466 e. The van der Waals surface area contributed by atoms with Crippen LogP contribution in [-0.4, -0.2) is 25.0 Å². The third-order valence-electron chi connectivity index (χ3n) is 4.92. The molecule has 0 aromatic rings. The average molecular weight is 384 g/mol. The Morgan fingerprint density at radius 2 is 1.11 bits per heavy atom. The molecule has 0 saturated carbocycles. The van der Waals surface area contributed by atoms with Crippen LogP contribution in [-0.2, 0) is 14.3 Å². The second-order valence-corrected chi connectivity index (χ2v) is 7.67. The van der Waals surface area contributed by atoms with Gasteiger partial charge in [0.2, 0.25) is 5.91 Å². The maximum absolute atomic E-state index is 11.6. The first kappa shape index (κ1) is 25.9. The first-order chi connectivity index (χ1) is 13.2. The summed E-state index contributed by atoms with van der Waals surface area (Å²) in [6, 6.07) is 0. The highest BCUT2D eigenvalue weighted by atomic mass is 16.5. The van der Waals surface area contributed by atoms with Crippen LogP contribution in [0.1, 0.15) is 123 Å². The Balaban J connectivity index is 3.24. The van der Waals surface area contributed by atoms with Crippen molar-refractivity contribution in [3.63, 3.8) is 0 Å². The summed E-state index contributed by atoms with van der Waals surface area (Å²) < 4.78 is 5.22. The van der Waals surface area contributed by atoms with E-state index in [-0.39, 0.29) is 18.3 Å². The van der Waals surface area contributed by atoms with E-state index >= 15 is 0 Å². The van der Waals surface area contributed by atoms with Crippen molar-refractivity contribution in [1.29, 1.82) is 0 Å². The second-order valence-electron chi connectivity index (χ2n) is 7.67. The molecule has 4 heteroatoms. The lowest BCUT2D eigenvalue weighted by atomic mass is 10.1. The van der Waals surface area contributed by atoms with Crippen molar-refractivity contribution in [3.8, 4) is 0 Å². The number of nitrogens with one attached hydrogen (secondary N) is 1. The monoisotopic (exact) mass is 383 g/mol. The molecule has 0 atom stereocenters. The number of rotatable bonds is 20. The van der Waals surface area contributed by atoms with E-state index in [2.05, 4.69) is 19.2 Å². The highest BCUT2D eigenvalue weighted by Crippen LogP contribution is 2.11. The number of unbranched alkanes of at least 4 members (excludes halogenated alkanes) is 13. The minimum absolute atomic E-state index is 0.0391. The summed E-state index contributed by atoms with van der Waals surface area (Å²) in [4.78, 5) is 23.1. The smallest absolute Gasteiger partial charge is 0.307 e. The molecule has 0 heterocycles. The molecule has 0 aliphatic carbocycles. The SMILES string of the molecule is CCCCCCCCCCCCCCOC(=O)CCNC(=O)CCCCC. The fraction of sp³-hybridized carbons (Fsp3) is 0.913.